The molecule has 0 radical (unpaired) electrons. The second-order valence-corrected chi connectivity index (χ2v) is 12.9. The minimum Gasteiger partial charge on any atom is -0.456 e. The number of fused-ring (bicyclic) bond motifs is 6. The van der Waals surface area contributed by atoms with Crippen molar-refractivity contribution in [2.24, 2.45) is 0 Å². The molecule has 1 heteroatoms. The smallest absolute Gasteiger partial charge is 0.135 e. The van der Waals surface area contributed by atoms with E-state index in [9.17, 15) is 0 Å². The van der Waals surface area contributed by atoms with Crippen LogP contribution in [0.3, 0.4) is 0 Å². The molecule has 1 nitrogen and oxygen atoms in total. The number of rotatable bonds is 4. The summed E-state index contributed by atoms with van der Waals surface area (Å²) in [6, 6.07) is 65.9. The lowest BCUT2D eigenvalue weighted by atomic mass is 9.85. The zero-order valence-electron chi connectivity index (χ0n) is 26.7. The number of para-hydroxylation sites is 1. The molecule has 0 bridgehead atoms. The van der Waals surface area contributed by atoms with Crippen molar-refractivity contribution in [3.8, 4) is 44.5 Å². The predicted molar refractivity (Wildman–Crippen MR) is 208 cm³/mol. The lowest BCUT2D eigenvalue weighted by molar-refractivity contribution is 0.669. The lowest BCUT2D eigenvalue weighted by Crippen LogP contribution is -1.91. The Labute approximate surface area is 284 Å². The van der Waals surface area contributed by atoms with E-state index in [0.29, 0.717) is 0 Å². The van der Waals surface area contributed by atoms with Gasteiger partial charge in [-0.05, 0) is 101 Å². The second kappa shape index (κ2) is 11.1. The van der Waals surface area contributed by atoms with Crippen molar-refractivity contribution in [3.05, 3.63) is 182 Å². The fourth-order valence-corrected chi connectivity index (χ4v) is 7.68. The summed E-state index contributed by atoms with van der Waals surface area (Å²) in [5.74, 6) is 0. The van der Waals surface area contributed by atoms with Crippen LogP contribution in [0, 0.1) is 0 Å². The molecule has 0 aliphatic heterocycles. The normalized spacial score (nSPS) is 11.7. The molecule has 49 heavy (non-hydrogen) atoms. The van der Waals surface area contributed by atoms with Gasteiger partial charge in [0.25, 0.3) is 0 Å². The molecule has 0 aliphatic carbocycles. The summed E-state index contributed by atoms with van der Waals surface area (Å²) >= 11 is 0. The highest BCUT2D eigenvalue weighted by molar-refractivity contribution is 6.21. The third-order valence-corrected chi connectivity index (χ3v) is 10.1. The molecule has 1 aromatic heterocycles. The Morgan fingerprint density at radius 1 is 0.245 bits per heavy atom. The molecule has 228 valence electrons. The van der Waals surface area contributed by atoms with Crippen LogP contribution in [0.15, 0.2) is 186 Å². The first-order chi connectivity index (χ1) is 24.3. The van der Waals surface area contributed by atoms with E-state index in [1.165, 1.54) is 76.8 Å². The molecule has 0 amide bonds. The van der Waals surface area contributed by atoms with Crippen LogP contribution >= 0.6 is 0 Å². The maximum Gasteiger partial charge on any atom is 0.135 e. The molecule has 0 N–H and O–H groups in total. The molecule has 0 aliphatic rings. The average molecular weight is 623 g/mol. The van der Waals surface area contributed by atoms with Crippen molar-refractivity contribution in [2.45, 2.75) is 0 Å². The Morgan fingerprint density at radius 2 is 0.653 bits per heavy atom. The number of furan rings is 1. The van der Waals surface area contributed by atoms with Gasteiger partial charge < -0.3 is 4.42 Å². The average Bonchev–Trinajstić information content (AvgIpc) is 3.55. The van der Waals surface area contributed by atoms with E-state index in [-0.39, 0.29) is 0 Å². The van der Waals surface area contributed by atoms with Crippen LogP contribution in [0.25, 0.3) is 98.8 Å². The molecule has 9 aromatic carbocycles. The van der Waals surface area contributed by atoms with Crippen LogP contribution in [0.5, 0.6) is 0 Å². The number of hydrogen-bond acceptors (Lipinski definition) is 1. The monoisotopic (exact) mass is 622 g/mol. The minimum atomic E-state index is 0.919. The Kier molecular flexibility index (Phi) is 6.25. The largest absolute Gasteiger partial charge is 0.456 e. The molecule has 0 saturated carbocycles. The van der Waals surface area contributed by atoms with Crippen LogP contribution in [-0.4, -0.2) is 0 Å². The minimum absolute atomic E-state index is 0.919. The molecular formula is C48H30O. The van der Waals surface area contributed by atoms with Gasteiger partial charge in [0, 0.05) is 10.8 Å². The molecule has 0 fully saturated rings. The molecule has 0 unspecified atom stereocenters. The van der Waals surface area contributed by atoms with Crippen molar-refractivity contribution in [1.82, 2.24) is 0 Å². The zero-order valence-corrected chi connectivity index (χ0v) is 26.7. The van der Waals surface area contributed by atoms with E-state index >= 15 is 0 Å². The standard InChI is InChI=1S/C48H30O/c1-2-10-36-29-37(26-21-31(36)9-1)32-17-22-34(23-18-32)47-40-12-3-5-14-42(40)48(43-15-6-4-13-41(43)47)35-24-19-33(20-25-35)38-27-28-46-44(30-38)39-11-7-8-16-45(39)49-46/h1-30H. The first-order valence-corrected chi connectivity index (χ1v) is 16.8. The molecule has 0 saturated heterocycles. The van der Waals surface area contributed by atoms with Gasteiger partial charge in [0.2, 0.25) is 0 Å². The molecule has 10 rings (SSSR count). The lowest BCUT2D eigenvalue weighted by Gasteiger charge is -2.18. The first kappa shape index (κ1) is 27.7. The van der Waals surface area contributed by atoms with Crippen LogP contribution in [-0.2, 0) is 0 Å². The molecule has 0 atom stereocenters. The summed E-state index contributed by atoms with van der Waals surface area (Å²) in [5.41, 5.74) is 11.6. The van der Waals surface area contributed by atoms with Crippen molar-refractivity contribution in [1.29, 1.82) is 0 Å². The Bertz CT molecular complexity index is 2800. The Hall–Kier alpha value is -6.44. The predicted octanol–water partition coefficient (Wildman–Crippen LogP) is 13.7. The molecule has 0 spiro atoms. The van der Waals surface area contributed by atoms with E-state index < -0.39 is 0 Å². The summed E-state index contributed by atoms with van der Waals surface area (Å²) in [5, 5.41) is 9.86. The van der Waals surface area contributed by atoms with Gasteiger partial charge in [-0.15, -0.1) is 0 Å². The second-order valence-electron chi connectivity index (χ2n) is 12.9. The molecule has 1 heterocycles. The van der Waals surface area contributed by atoms with E-state index in [2.05, 4.69) is 170 Å². The van der Waals surface area contributed by atoms with Gasteiger partial charge >= 0.3 is 0 Å². The van der Waals surface area contributed by atoms with Gasteiger partial charge in [-0.25, -0.2) is 0 Å². The first-order valence-electron chi connectivity index (χ1n) is 16.8. The van der Waals surface area contributed by atoms with Gasteiger partial charge in [-0.1, -0.05) is 158 Å². The van der Waals surface area contributed by atoms with Crippen LogP contribution < -0.4 is 0 Å². The van der Waals surface area contributed by atoms with Crippen molar-refractivity contribution < 1.29 is 4.42 Å². The van der Waals surface area contributed by atoms with Crippen LogP contribution in [0.2, 0.25) is 0 Å². The van der Waals surface area contributed by atoms with Gasteiger partial charge in [0.15, 0.2) is 0 Å². The maximum absolute atomic E-state index is 6.08. The number of hydrogen-bond donors (Lipinski definition) is 0. The maximum atomic E-state index is 6.08. The highest BCUT2D eigenvalue weighted by Gasteiger charge is 2.17. The highest BCUT2D eigenvalue weighted by atomic mass is 16.3. The van der Waals surface area contributed by atoms with Gasteiger partial charge in [0.05, 0.1) is 0 Å². The summed E-state index contributed by atoms with van der Waals surface area (Å²) in [6.07, 6.45) is 0. The van der Waals surface area contributed by atoms with E-state index in [1.807, 2.05) is 12.1 Å². The third-order valence-electron chi connectivity index (χ3n) is 10.1. The van der Waals surface area contributed by atoms with Gasteiger partial charge in [0.1, 0.15) is 11.2 Å². The van der Waals surface area contributed by atoms with Crippen molar-refractivity contribution in [3.63, 3.8) is 0 Å². The fraction of sp³-hybridized carbons (Fsp3) is 0. The zero-order chi connectivity index (χ0) is 32.3. The number of benzene rings is 9. The van der Waals surface area contributed by atoms with E-state index in [0.717, 1.165) is 21.9 Å². The summed E-state index contributed by atoms with van der Waals surface area (Å²) in [4.78, 5) is 0. The SMILES string of the molecule is c1ccc2cc(-c3ccc(-c4c5ccccc5c(-c5ccc(-c6ccc7oc8ccccc8c7c6)cc5)c5ccccc45)cc3)ccc2c1. The summed E-state index contributed by atoms with van der Waals surface area (Å²) in [6.45, 7) is 0. The van der Waals surface area contributed by atoms with Crippen LogP contribution in [0.1, 0.15) is 0 Å². The highest BCUT2D eigenvalue weighted by Crippen LogP contribution is 2.44. The Balaban J connectivity index is 1.08. The fourth-order valence-electron chi connectivity index (χ4n) is 7.68. The van der Waals surface area contributed by atoms with E-state index in [4.69, 9.17) is 4.42 Å². The van der Waals surface area contributed by atoms with Gasteiger partial charge in [-0.3, -0.25) is 0 Å². The quantitative estimate of drug-likeness (QED) is 0.178. The third kappa shape index (κ3) is 4.55. The topological polar surface area (TPSA) is 13.1 Å². The van der Waals surface area contributed by atoms with Gasteiger partial charge in [-0.2, -0.15) is 0 Å². The molecular weight excluding hydrogens is 593 g/mol. The van der Waals surface area contributed by atoms with Crippen LogP contribution in [0.4, 0.5) is 0 Å². The Morgan fingerprint density at radius 3 is 1.24 bits per heavy atom. The molecule has 10 aromatic rings. The van der Waals surface area contributed by atoms with Crippen molar-refractivity contribution >= 4 is 54.3 Å². The van der Waals surface area contributed by atoms with Crippen molar-refractivity contribution in [2.75, 3.05) is 0 Å². The summed E-state index contributed by atoms with van der Waals surface area (Å²) in [7, 11) is 0. The summed E-state index contributed by atoms with van der Waals surface area (Å²) < 4.78 is 6.08. The van der Waals surface area contributed by atoms with E-state index in [1.54, 1.807) is 0 Å².